The van der Waals surface area contributed by atoms with E-state index in [1.807, 2.05) is 6.07 Å². The van der Waals surface area contributed by atoms with Crippen LogP contribution in [0.15, 0.2) is 16.6 Å². The van der Waals surface area contributed by atoms with Crippen molar-refractivity contribution in [3.8, 4) is 5.75 Å². The van der Waals surface area contributed by atoms with E-state index in [1.54, 1.807) is 0 Å². The minimum atomic E-state index is -0.503. The highest BCUT2D eigenvalue weighted by Gasteiger charge is 2.50. The highest BCUT2D eigenvalue weighted by Crippen LogP contribution is 2.44. The van der Waals surface area contributed by atoms with Crippen LogP contribution in [0.1, 0.15) is 42.9 Å². The molecule has 0 amide bonds. The van der Waals surface area contributed by atoms with Crippen LogP contribution in [-0.2, 0) is 0 Å². The van der Waals surface area contributed by atoms with E-state index in [0.717, 1.165) is 54.1 Å². The van der Waals surface area contributed by atoms with Crippen molar-refractivity contribution in [2.24, 2.45) is 0 Å². The fraction of sp³-hybridized carbons (Fsp3) is 0.684. The lowest BCUT2D eigenvalue weighted by molar-refractivity contribution is -0.0802. The van der Waals surface area contributed by atoms with Crippen molar-refractivity contribution in [1.82, 2.24) is 9.80 Å². The van der Waals surface area contributed by atoms with Gasteiger partial charge in [0.15, 0.2) is 0 Å². The van der Waals surface area contributed by atoms with Crippen LogP contribution in [0.5, 0.6) is 5.75 Å². The van der Waals surface area contributed by atoms with E-state index in [0.29, 0.717) is 6.61 Å². The molecule has 2 saturated heterocycles. The van der Waals surface area contributed by atoms with Gasteiger partial charge in [-0.1, -0.05) is 15.9 Å². The summed E-state index contributed by atoms with van der Waals surface area (Å²) >= 11 is 3.62. The maximum Gasteiger partial charge on any atom is 0.125 e. The van der Waals surface area contributed by atoms with Gasteiger partial charge in [0, 0.05) is 16.6 Å². The van der Waals surface area contributed by atoms with E-state index < -0.39 is 6.10 Å². The minimum absolute atomic E-state index is 0.317. The van der Waals surface area contributed by atoms with Crippen molar-refractivity contribution in [2.75, 3.05) is 39.3 Å². The quantitative estimate of drug-likeness (QED) is 0.853. The summed E-state index contributed by atoms with van der Waals surface area (Å²) in [4.78, 5) is 5.01. The van der Waals surface area contributed by atoms with Gasteiger partial charge in [-0.25, -0.2) is 0 Å². The number of likely N-dealkylation sites (tertiary alicyclic amines) is 2. The Labute approximate surface area is 152 Å². The smallest absolute Gasteiger partial charge is 0.125 e. The topological polar surface area (TPSA) is 35.9 Å². The Kier molecular flexibility index (Phi) is 4.63. The first-order valence-corrected chi connectivity index (χ1v) is 9.98. The zero-order chi connectivity index (χ0) is 16.7. The molecule has 5 heteroatoms. The zero-order valence-electron chi connectivity index (χ0n) is 14.4. The summed E-state index contributed by atoms with van der Waals surface area (Å²) in [6.45, 7) is 7.97. The first-order chi connectivity index (χ1) is 11.6. The maximum absolute atomic E-state index is 11.4. The number of aliphatic hydroxyl groups is 1. The molecule has 1 N–H and O–H groups in total. The molecule has 0 spiro atoms. The average molecular weight is 395 g/mol. The molecule has 3 aliphatic heterocycles. The lowest BCUT2D eigenvalue weighted by Crippen LogP contribution is -2.63. The second-order valence-corrected chi connectivity index (χ2v) is 8.47. The minimum Gasteiger partial charge on any atom is -0.491 e. The normalized spacial score (nSPS) is 31.2. The number of hydrogen-bond donors (Lipinski definition) is 1. The van der Waals surface area contributed by atoms with Gasteiger partial charge in [-0.15, -0.1) is 0 Å². The van der Waals surface area contributed by atoms with Gasteiger partial charge in [-0.3, -0.25) is 4.90 Å². The van der Waals surface area contributed by atoms with Crippen LogP contribution < -0.4 is 4.74 Å². The summed E-state index contributed by atoms with van der Waals surface area (Å²) < 4.78 is 7.26. The molecule has 4 nitrogen and oxygen atoms in total. The number of nitrogens with zero attached hydrogens (tertiary/aromatic N) is 2. The Bertz CT molecular complexity index is 612. The number of halogens is 1. The fourth-order valence-electron chi connectivity index (χ4n) is 4.57. The zero-order valence-corrected chi connectivity index (χ0v) is 16.0. The number of aryl methyl sites for hydroxylation is 1. The number of ether oxygens (including phenoxy) is 1. The van der Waals surface area contributed by atoms with Crippen LogP contribution in [-0.4, -0.2) is 59.8 Å². The number of benzene rings is 1. The molecule has 24 heavy (non-hydrogen) atoms. The Hall–Kier alpha value is -0.620. The van der Waals surface area contributed by atoms with Gasteiger partial charge in [0.05, 0.1) is 5.54 Å². The Balaban J connectivity index is 1.71. The van der Waals surface area contributed by atoms with Gasteiger partial charge in [0.1, 0.15) is 18.5 Å². The van der Waals surface area contributed by atoms with Gasteiger partial charge in [-0.2, -0.15) is 0 Å². The number of aliphatic hydroxyl groups excluding tert-OH is 1. The third-order valence-corrected chi connectivity index (χ3v) is 6.86. The first-order valence-electron chi connectivity index (χ1n) is 9.18. The van der Waals surface area contributed by atoms with E-state index in [4.69, 9.17) is 4.74 Å². The van der Waals surface area contributed by atoms with Gasteiger partial charge in [0.25, 0.3) is 0 Å². The predicted octanol–water partition coefficient (Wildman–Crippen LogP) is 3.11. The van der Waals surface area contributed by atoms with Crippen LogP contribution in [0.2, 0.25) is 0 Å². The molecule has 2 fully saturated rings. The van der Waals surface area contributed by atoms with Crippen LogP contribution in [0.3, 0.4) is 0 Å². The molecule has 0 bridgehead atoms. The largest absolute Gasteiger partial charge is 0.491 e. The molecule has 3 heterocycles. The Morgan fingerprint density at radius 1 is 1.17 bits per heavy atom. The second-order valence-electron chi connectivity index (χ2n) is 7.61. The molecule has 4 rings (SSSR count). The summed E-state index contributed by atoms with van der Waals surface area (Å²) in [5.74, 6) is 0.847. The number of hydrogen-bond acceptors (Lipinski definition) is 4. The standard InChI is InChI=1S/C19H27BrN2O2/c1-14-10-17-15(11-16(14)20)18(23)19(13-24-17,22-8-4-5-9-22)12-21-6-2-3-7-21/h10-11,18,23H,2-9,12-13H2,1H3/t18-,19-/m1/s1. The molecule has 2 atom stereocenters. The fourth-order valence-corrected chi connectivity index (χ4v) is 4.93. The summed E-state index contributed by atoms with van der Waals surface area (Å²) in [7, 11) is 0. The summed E-state index contributed by atoms with van der Waals surface area (Å²) in [6.07, 6.45) is 4.48. The lowest BCUT2D eigenvalue weighted by Gasteiger charge is -2.49. The van der Waals surface area contributed by atoms with Crippen molar-refractivity contribution in [2.45, 2.75) is 44.2 Å². The van der Waals surface area contributed by atoms with Crippen molar-refractivity contribution < 1.29 is 9.84 Å². The summed E-state index contributed by atoms with van der Waals surface area (Å²) in [5.41, 5.74) is 1.77. The van der Waals surface area contributed by atoms with Crippen molar-refractivity contribution in [1.29, 1.82) is 0 Å². The highest BCUT2D eigenvalue weighted by atomic mass is 79.9. The number of fused-ring (bicyclic) bond motifs is 1. The molecule has 0 saturated carbocycles. The third-order valence-electron chi connectivity index (χ3n) is 6.00. The van der Waals surface area contributed by atoms with Gasteiger partial charge in [-0.05, 0) is 76.5 Å². The van der Waals surface area contributed by atoms with Crippen molar-refractivity contribution in [3.63, 3.8) is 0 Å². The molecule has 0 unspecified atom stereocenters. The summed E-state index contributed by atoms with van der Waals surface area (Å²) in [5, 5.41) is 11.4. The van der Waals surface area contributed by atoms with Gasteiger partial charge in [0.2, 0.25) is 0 Å². The maximum atomic E-state index is 11.4. The van der Waals surface area contributed by atoms with Crippen molar-refractivity contribution in [3.05, 3.63) is 27.7 Å². The lowest BCUT2D eigenvalue weighted by atomic mass is 9.83. The van der Waals surface area contributed by atoms with Crippen LogP contribution in [0.25, 0.3) is 0 Å². The SMILES string of the molecule is Cc1cc2c(cc1Br)[C@@H](O)[C@](CN1CCCC1)(N1CCCC1)CO2. The second kappa shape index (κ2) is 6.60. The third kappa shape index (κ3) is 2.79. The molecule has 0 aromatic heterocycles. The van der Waals surface area contributed by atoms with Gasteiger partial charge < -0.3 is 14.7 Å². The predicted molar refractivity (Wildman–Crippen MR) is 98.5 cm³/mol. The average Bonchev–Trinajstić information content (AvgIpc) is 3.26. The van der Waals surface area contributed by atoms with E-state index in [2.05, 4.69) is 38.7 Å². The number of rotatable bonds is 3. The van der Waals surface area contributed by atoms with E-state index in [1.165, 1.54) is 25.7 Å². The molecule has 0 aliphatic carbocycles. The van der Waals surface area contributed by atoms with E-state index in [-0.39, 0.29) is 5.54 Å². The first kappa shape index (κ1) is 16.8. The van der Waals surface area contributed by atoms with Gasteiger partial charge >= 0.3 is 0 Å². The van der Waals surface area contributed by atoms with Crippen molar-refractivity contribution >= 4 is 15.9 Å². The van der Waals surface area contributed by atoms with Crippen LogP contribution in [0.4, 0.5) is 0 Å². The Morgan fingerprint density at radius 2 is 1.83 bits per heavy atom. The molecule has 132 valence electrons. The van der Waals surface area contributed by atoms with E-state index >= 15 is 0 Å². The molecule has 3 aliphatic rings. The highest BCUT2D eigenvalue weighted by molar-refractivity contribution is 9.10. The molecule has 1 aromatic rings. The monoisotopic (exact) mass is 394 g/mol. The Morgan fingerprint density at radius 3 is 2.54 bits per heavy atom. The van der Waals surface area contributed by atoms with E-state index in [9.17, 15) is 5.11 Å². The molecule has 0 radical (unpaired) electrons. The molecule has 1 aromatic carbocycles. The van der Waals surface area contributed by atoms with Crippen LogP contribution in [0, 0.1) is 6.92 Å². The molecular weight excluding hydrogens is 368 g/mol. The molecular formula is C19H27BrN2O2. The van der Waals surface area contributed by atoms with Crippen LogP contribution >= 0.6 is 15.9 Å². The summed E-state index contributed by atoms with van der Waals surface area (Å²) in [6, 6.07) is 4.11.